The van der Waals surface area contributed by atoms with Crippen LogP contribution in [0.2, 0.25) is 10.0 Å². The number of halogens is 2. The summed E-state index contributed by atoms with van der Waals surface area (Å²) in [4.78, 5) is 4.21. The Morgan fingerprint density at radius 2 is 2.13 bits per heavy atom. The van der Waals surface area contributed by atoms with Crippen molar-refractivity contribution in [1.82, 2.24) is 4.98 Å². The van der Waals surface area contributed by atoms with Gasteiger partial charge in [-0.2, -0.15) is 4.98 Å². The molecule has 3 nitrogen and oxygen atoms in total. The molecule has 0 atom stereocenters. The third kappa shape index (κ3) is 2.29. The lowest BCUT2D eigenvalue weighted by atomic mass is 9.96. The van der Waals surface area contributed by atoms with E-state index in [1.54, 1.807) is 13.1 Å². The van der Waals surface area contributed by atoms with E-state index in [0.717, 1.165) is 12.8 Å². The maximum absolute atomic E-state index is 5.98. The Bertz CT molecular complexity index is 367. The highest BCUT2D eigenvalue weighted by atomic mass is 35.5. The molecular weight excluding hydrogens is 235 g/mol. The smallest absolute Gasteiger partial charge is 0.234 e. The summed E-state index contributed by atoms with van der Waals surface area (Å²) in [6, 6.07) is 1.65. The Balaban J connectivity index is 2.21. The molecule has 1 aliphatic carbocycles. The fourth-order valence-electron chi connectivity index (χ4n) is 1.35. The molecule has 1 N–H and O–H groups in total. The first-order valence-corrected chi connectivity index (χ1v) is 5.66. The molecule has 1 saturated carbocycles. The molecule has 0 radical (unpaired) electrons. The molecule has 1 heterocycles. The Hall–Kier alpha value is -0.670. The van der Waals surface area contributed by atoms with E-state index in [1.165, 1.54) is 6.42 Å². The molecule has 0 spiro atoms. The fourth-order valence-corrected chi connectivity index (χ4v) is 1.85. The van der Waals surface area contributed by atoms with Gasteiger partial charge in [-0.05, 0) is 25.3 Å². The minimum absolute atomic E-state index is 0.265. The van der Waals surface area contributed by atoms with Gasteiger partial charge in [-0.25, -0.2) is 0 Å². The Labute approximate surface area is 98.7 Å². The molecule has 5 heteroatoms. The van der Waals surface area contributed by atoms with Gasteiger partial charge >= 0.3 is 0 Å². The van der Waals surface area contributed by atoms with Crippen molar-refractivity contribution in [3.8, 4) is 5.88 Å². The molecule has 1 aromatic heterocycles. The predicted octanol–water partition coefficient (Wildman–Crippen LogP) is 3.36. The van der Waals surface area contributed by atoms with Gasteiger partial charge in [-0.15, -0.1) is 0 Å². The first kappa shape index (κ1) is 10.8. The van der Waals surface area contributed by atoms with Gasteiger partial charge in [0.15, 0.2) is 0 Å². The molecule has 15 heavy (non-hydrogen) atoms. The van der Waals surface area contributed by atoms with E-state index in [1.807, 2.05) is 0 Å². The van der Waals surface area contributed by atoms with Crippen LogP contribution in [0.3, 0.4) is 0 Å². The maximum atomic E-state index is 5.98. The molecule has 0 amide bonds. The van der Waals surface area contributed by atoms with E-state index in [9.17, 15) is 0 Å². The predicted molar refractivity (Wildman–Crippen MR) is 62.1 cm³/mol. The van der Waals surface area contributed by atoms with Gasteiger partial charge < -0.3 is 10.1 Å². The van der Waals surface area contributed by atoms with E-state index in [2.05, 4.69) is 10.3 Å². The number of nitrogens with one attached hydrogen (secondary N) is 1. The second kappa shape index (κ2) is 4.45. The van der Waals surface area contributed by atoms with Crippen LogP contribution in [0.25, 0.3) is 0 Å². The summed E-state index contributed by atoms with van der Waals surface area (Å²) in [5.74, 6) is 1.06. The number of pyridine rings is 1. The zero-order valence-electron chi connectivity index (χ0n) is 8.39. The van der Waals surface area contributed by atoms with Crippen molar-refractivity contribution >= 4 is 29.0 Å². The average molecular weight is 247 g/mol. The van der Waals surface area contributed by atoms with Crippen LogP contribution >= 0.6 is 23.2 Å². The van der Waals surface area contributed by atoms with Crippen LogP contribution in [0.15, 0.2) is 6.07 Å². The second-order valence-electron chi connectivity index (χ2n) is 3.53. The molecule has 1 aromatic rings. The second-order valence-corrected chi connectivity index (χ2v) is 4.34. The van der Waals surface area contributed by atoms with Crippen molar-refractivity contribution in [3.05, 3.63) is 16.1 Å². The Morgan fingerprint density at radius 3 is 2.67 bits per heavy atom. The molecule has 0 unspecified atom stereocenters. The van der Waals surface area contributed by atoms with Gasteiger partial charge in [-0.1, -0.05) is 23.2 Å². The van der Waals surface area contributed by atoms with Crippen LogP contribution < -0.4 is 10.1 Å². The van der Waals surface area contributed by atoms with Crippen molar-refractivity contribution in [2.45, 2.75) is 25.4 Å². The number of anilines is 1. The van der Waals surface area contributed by atoms with Crippen LogP contribution in [0.5, 0.6) is 5.88 Å². The summed E-state index contributed by atoms with van der Waals surface area (Å²) >= 11 is 11.9. The highest BCUT2D eigenvalue weighted by molar-refractivity contribution is 6.36. The monoisotopic (exact) mass is 246 g/mol. The lowest BCUT2D eigenvalue weighted by Gasteiger charge is -2.26. The van der Waals surface area contributed by atoms with Crippen LogP contribution in [0, 0.1) is 0 Å². The first-order chi connectivity index (χ1) is 7.20. The summed E-state index contributed by atoms with van der Waals surface area (Å²) < 4.78 is 5.64. The SMILES string of the molecule is CNc1nc(OC2CCC2)c(Cl)cc1Cl. The van der Waals surface area contributed by atoms with Crippen molar-refractivity contribution in [1.29, 1.82) is 0 Å². The molecular formula is C10H12Cl2N2O. The largest absolute Gasteiger partial charge is 0.473 e. The number of ether oxygens (including phenoxy) is 1. The minimum atomic E-state index is 0.265. The van der Waals surface area contributed by atoms with Crippen LogP contribution in [0.4, 0.5) is 5.82 Å². The lowest BCUT2D eigenvalue weighted by Crippen LogP contribution is -2.25. The minimum Gasteiger partial charge on any atom is -0.473 e. The normalized spacial score (nSPS) is 15.9. The molecule has 2 rings (SSSR count). The molecule has 0 bridgehead atoms. The third-order valence-corrected chi connectivity index (χ3v) is 3.02. The lowest BCUT2D eigenvalue weighted by molar-refractivity contribution is 0.115. The van der Waals surface area contributed by atoms with Crippen molar-refractivity contribution < 1.29 is 4.74 Å². The summed E-state index contributed by atoms with van der Waals surface area (Å²) in [6.45, 7) is 0. The van der Waals surface area contributed by atoms with Crippen molar-refractivity contribution in [2.24, 2.45) is 0 Å². The molecule has 1 fully saturated rings. The Morgan fingerprint density at radius 1 is 1.40 bits per heavy atom. The van der Waals surface area contributed by atoms with Gasteiger partial charge in [0.1, 0.15) is 16.9 Å². The maximum Gasteiger partial charge on any atom is 0.234 e. The number of aromatic nitrogens is 1. The zero-order valence-corrected chi connectivity index (χ0v) is 9.90. The zero-order chi connectivity index (χ0) is 10.8. The summed E-state index contributed by atoms with van der Waals surface area (Å²) in [5, 5.41) is 3.86. The number of hydrogen-bond acceptors (Lipinski definition) is 3. The van der Waals surface area contributed by atoms with E-state index >= 15 is 0 Å². The van der Waals surface area contributed by atoms with Crippen molar-refractivity contribution in [3.63, 3.8) is 0 Å². The van der Waals surface area contributed by atoms with E-state index < -0.39 is 0 Å². The van der Waals surface area contributed by atoms with Gasteiger partial charge in [0, 0.05) is 7.05 Å². The molecule has 82 valence electrons. The fraction of sp³-hybridized carbons (Fsp3) is 0.500. The van der Waals surface area contributed by atoms with Gasteiger partial charge in [-0.3, -0.25) is 0 Å². The summed E-state index contributed by atoms with van der Waals surface area (Å²) in [7, 11) is 1.76. The quantitative estimate of drug-likeness (QED) is 0.889. The number of nitrogens with zero attached hydrogens (tertiary/aromatic N) is 1. The highest BCUT2D eigenvalue weighted by Gasteiger charge is 2.21. The Kier molecular flexibility index (Phi) is 3.22. The van der Waals surface area contributed by atoms with Gasteiger partial charge in [0.05, 0.1) is 5.02 Å². The summed E-state index contributed by atoms with van der Waals surface area (Å²) in [6.07, 6.45) is 3.64. The molecule has 1 aliphatic rings. The van der Waals surface area contributed by atoms with Gasteiger partial charge in [0.2, 0.25) is 5.88 Å². The molecule has 0 saturated heterocycles. The third-order valence-electron chi connectivity index (χ3n) is 2.46. The first-order valence-electron chi connectivity index (χ1n) is 4.91. The standard InChI is InChI=1S/C10H12Cl2N2O/c1-13-9-7(11)5-8(12)10(14-9)15-6-3-2-4-6/h5-6H,2-4H2,1H3,(H,13,14). The highest BCUT2D eigenvalue weighted by Crippen LogP contribution is 2.33. The van der Waals surface area contributed by atoms with E-state index in [-0.39, 0.29) is 6.10 Å². The van der Waals surface area contributed by atoms with Crippen LogP contribution in [-0.4, -0.2) is 18.1 Å². The van der Waals surface area contributed by atoms with Crippen LogP contribution in [0.1, 0.15) is 19.3 Å². The van der Waals surface area contributed by atoms with E-state index in [0.29, 0.717) is 21.7 Å². The number of rotatable bonds is 3. The van der Waals surface area contributed by atoms with Crippen LogP contribution in [-0.2, 0) is 0 Å². The van der Waals surface area contributed by atoms with Crippen molar-refractivity contribution in [2.75, 3.05) is 12.4 Å². The van der Waals surface area contributed by atoms with Gasteiger partial charge in [0.25, 0.3) is 0 Å². The number of hydrogen-bond donors (Lipinski definition) is 1. The summed E-state index contributed by atoms with van der Waals surface area (Å²) in [5.41, 5.74) is 0. The molecule has 0 aromatic carbocycles. The van der Waals surface area contributed by atoms with E-state index in [4.69, 9.17) is 27.9 Å². The molecule has 0 aliphatic heterocycles. The average Bonchev–Trinajstić information content (AvgIpc) is 2.14. The topological polar surface area (TPSA) is 34.2 Å².